The summed E-state index contributed by atoms with van der Waals surface area (Å²) in [6.07, 6.45) is 6.82. The monoisotopic (exact) mass is 222 g/mol. The first kappa shape index (κ1) is 10.9. The molecule has 0 N–H and O–H groups in total. The highest BCUT2D eigenvalue weighted by atomic mass is 35.5. The molecule has 13 heavy (non-hydrogen) atoms. The summed E-state index contributed by atoms with van der Waals surface area (Å²) >= 11 is 9.53. The van der Waals surface area contributed by atoms with Gasteiger partial charge in [-0.2, -0.15) is 0 Å². The van der Waals surface area contributed by atoms with Crippen molar-refractivity contribution in [3.8, 4) is 0 Å². The zero-order chi connectivity index (χ0) is 9.68. The molecule has 0 aromatic carbocycles. The fraction of sp³-hybridized carbons (Fsp3) is 0.667. The number of hydrogen-bond acceptors (Lipinski definition) is 2. The molecule has 2 aliphatic carbocycles. The van der Waals surface area contributed by atoms with E-state index in [1.54, 1.807) is 0 Å². The molecule has 2 aliphatic rings. The van der Waals surface area contributed by atoms with Gasteiger partial charge in [0.2, 0.25) is 0 Å². The Bertz CT molecular complexity index is 194. The van der Waals surface area contributed by atoms with Crippen LogP contribution in [0.5, 0.6) is 0 Å². The zero-order valence-corrected chi connectivity index (χ0v) is 8.67. The maximum atomic E-state index is 9.99. The summed E-state index contributed by atoms with van der Waals surface area (Å²) < 4.78 is 4.90. The van der Waals surface area contributed by atoms with Crippen molar-refractivity contribution in [1.82, 2.24) is 0 Å². The Hall–Kier alpha value is -0.210. The third-order valence-electron chi connectivity index (χ3n) is 2.45. The van der Waals surface area contributed by atoms with E-state index in [4.69, 9.17) is 27.9 Å². The minimum atomic E-state index is 0.187. The second kappa shape index (κ2) is 5.51. The number of carbonyl (C=O) groups excluding carboxylic acids is 1. The molecule has 2 rings (SSSR count). The highest BCUT2D eigenvalue weighted by molar-refractivity contribution is 6.40. The molecule has 0 heterocycles. The van der Waals surface area contributed by atoms with Crippen LogP contribution >= 0.6 is 23.2 Å². The first-order chi connectivity index (χ1) is 6.31. The smallest absolute Gasteiger partial charge is 0.293 e. The number of ether oxygens (including phenoxy) is 1. The minimum Gasteiger partial charge on any atom is -0.464 e. The number of fused-ring (bicyclic) bond motifs is 2. The average molecular weight is 223 g/mol. The molecule has 1 fully saturated rings. The second-order valence-electron chi connectivity index (χ2n) is 3.15. The van der Waals surface area contributed by atoms with Crippen molar-refractivity contribution in [3.05, 3.63) is 12.2 Å². The van der Waals surface area contributed by atoms with Crippen molar-refractivity contribution < 1.29 is 9.53 Å². The molecule has 0 saturated heterocycles. The van der Waals surface area contributed by atoms with Gasteiger partial charge >= 0.3 is 0 Å². The molecule has 0 radical (unpaired) electrons. The Balaban J connectivity index is 0.000000251. The highest BCUT2D eigenvalue weighted by Crippen LogP contribution is 2.40. The average Bonchev–Trinajstić information content (AvgIpc) is 2.67. The fourth-order valence-corrected chi connectivity index (χ4v) is 1.96. The minimum absolute atomic E-state index is 0.187. The van der Waals surface area contributed by atoms with Crippen molar-refractivity contribution in [1.29, 1.82) is 0 Å². The van der Waals surface area contributed by atoms with Gasteiger partial charge in [0.1, 0.15) is 6.10 Å². The van der Waals surface area contributed by atoms with E-state index >= 15 is 0 Å². The number of alkyl halides is 2. The lowest BCUT2D eigenvalue weighted by molar-refractivity contribution is -0.134. The lowest BCUT2D eigenvalue weighted by Crippen LogP contribution is -2.16. The van der Waals surface area contributed by atoms with E-state index in [1.165, 1.54) is 6.42 Å². The Kier molecular flexibility index (Phi) is 4.60. The van der Waals surface area contributed by atoms with Gasteiger partial charge in [-0.15, -0.1) is 23.2 Å². The van der Waals surface area contributed by atoms with Gasteiger partial charge in [-0.1, -0.05) is 12.2 Å². The molecule has 0 aliphatic heterocycles. The Labute approximate surface area is 87.8 Å². The molecule has 2 bridgehead atoms. The molecule has 0 spiro atoms. The lowest BCUT2D eigenvalue weighted by atomic mass is 10.1. The molecule has 0 aromatic heterocycles. The topological polar surface area (TPSA) is 26.3 Å². The number of carbonyl (C=O) groups is 1. The fourth-order valence-electron chi connectivity index (χ4n) is 1.96. The van der Waals surface area contributed by atoms with Gasteiger partial charge in [0.05, 0.1) is 5.34 Å². The molecule has 4 heteroatoms. The maximum Gasteiger partial charge on any atom is 0.293 e. The normalized spacial score (nSPS) is 33.8. The Morgan fingerprint density at radius 2 is 2.08 bits per heavy atom. The van der Waals surface area contributed by atoms with E-state index in [0.29, 0.717) is 18.3 Å². The van der Waals surface area contributed by atoms with Crippen LogP contribution in [0.3, 0.4) is 0 Å². The van der Waals surface area contributed by atoms with Crippen LogP contribution in [0.2, 0.25) is 0 Å². The first-order valence-electron chi connectivity index (χ1n) is 4.21. The highest BCUT2D eigenvalue weighted by Gasteiger charge is 2.36. The predicted octanol–water partition coefficient (Wildman–Crippen LogP) is 2.55. The molecule has 74 valence electrons. The quantitative estimate of drug-likeness (QED) is 0.408. The second-order valence-corrected chi connectivity index (χ2v) is 3.96. The van der Waals surface area contributed by atoms with Crippen LogP contribution in [0.25, 0.3) is 0 Å². The van der Waals surface area contributed by atoms with E-state index in [0.717, 1.165) is 6.42 Å². The van der Waals surface area contributed by atoms with Crippen molar-refractivity contribution in [3.63, 3.8) is 0 Å². The summed E-state index contributed by atoms with van der Waals surface area (Å²) in [6, 6.07) is 0. The summed E-state index contributed by atoms with van der Waals surface area (Å²) in [4.78, 5) is 9.99. The van der Waals surface area contributed by atoms with E-state index in [2.05, 4.69) is 12.2 Å². The van der Waals surface area contributed by atoms with Gasteiger partial charge in [0.25, 0.3) is 6.47 Å². The molecule has 3 unspecified atom stereocenters. The molecule has 0 amide bonds. The van der Waals surface area contributed by atoms with Crippen molar-refractivity contribution >= 4 is 29.7 Å². The van der Waals surface area contributed by atoms with Gasteiger partial charge in [-0.05, 0) is 18.8 Å². The number of allylic oxidation sites excluding steroid dienone is 1. The van der Waals surface area contributed by atoms with E-state index < -0.39 is 0 Å². The SMILES string of the molecule is ClCCl.O=COC1CC2C=CC1C2. The number of hydrogen-bond donors (Lipinski definition) is 0. The Morgan fingerprint density at radius 3 is 2.46 bits per heavy atom. The van der Waals surface area contributed by atoms with Crippen LogP contribution in [0.15, 0.2) is 12.2 Å². The van der Waals surface area contributed by atoms with Gasteiger partial charge in [-0.3, -0.25) is 4.79 Å². The summed E-state index contributed by atoms with van der Waals surface area (Å²) in [5.41, 5.74) is 0. The summed E-state index contributed by atoms with van der Waals surface area (Å²) in [5.74, 6) is 1.21. The van der Waals surface area contributed by atoms with E-state index in [-0.39, 0.29) is 11.4 Å². The molecule has 2 nitrogen and oxygen atoms in total. The van der Waals surface area contributed by atoms with Gasteiger partial charge in [-0.25, -0.2) is 0 Å². The Morgan fingerprint density at radius 1 is 1.38 bits per heavy atom. The van der Waals surface area contributed by atoms with Crippen LogP contribution in [-0.2, 0) is 9.53 Å². The number of halogens is 2. The van der Waals surface area contributed by atoms with Crippen LogP contribution in [-0.4, -0.2) is 17.9 Å². The summed E-state index contributed by atoms with van der Waals surface area (Å²) in [7, 11) is 0. The van der Waals surface area contributed by atoms with Crippen molar-refractivity contribution in [2.45, 2.75) is 18.9 Å². The molecule has 3 atom stereocenters. The van der Waals surface area contributed by atoms with E-state index in [1.807, 2.05) is 0 Å². The molecule has 0 aromatic rings. The van der Waals surface area contributed by atoms with Crippen molar-refractivity contribution in [2.75, 3.05) is 5.34 Å². The third kappa shape index (κ3) is 2.89. The van der Waals surface area contributed by atoms with Gasteiger partial charge in [0, 0.05) is 5.92 Å². The predicted molar refractivity (Wildman–Crippen MR) is 52.9 cm³/mol. The standard InChI is InChI=1S/C8H10O2.CH2Cl2/c9-5-10-8-4-6-1-2-7(8)3-6;2-1-3/h1-2,5-8H,3-4H2;1H2. The van der Waals surface area contributed by atoms with Crippen LogP contribution in [0.1, 0.15) is 12.8 Å². The van der Waals surface area contributed by atoms with Crippen LogP contribution in [0.4, 0.5) is 0 Å². The first-order valence-corrected chi connectivity index (χ1v) is 5.28. The van der Waals surface area contributed by atoms with Crippen LogP contribution in [0, 0.1) is 11.8 Å². The largest absolute Gasteiger partial charge is 0.464 e. The summed E-state index contributed by atoms with van der Waals surface area (Å²) in [6.45, 7) is 0.569. The maximum absolute atomic E-state index is 9.99. The third-order valence-corrected chi connectivity index (χ3v) is 2.45. The molecular formula is C9H12Cl2O2. The van der Waals surface area contributed by atoms with E-state index in [9.17, 15) is 4.79 Å². The van der Waals surface area contributed by atoms with Crippen molar-refractivity contribution in [2.24, 2.45) is 11.8 Å². The zero-order valence-electron chi connectivity index (χ0n) is 7.16. The lowest BCUT2D eigenvalue weighted by Gasteiger charge is -2.14. The number of rotatable bonds is 2. The molecule has 1 saturated carbocycles. The van der Waals surface area contributed by atoms with Gasteiger partial charge in [0.15, 0.2) is 0 Å². The van der Waals surface area contributed by atoms with Crippen LogP contribution < -0.4 is 0 Å². The van der Waals surface area contributed by atoms with Gasteiger partial charge < -0.3 is 4.74 Å². The molecular weight excluding hydrogens is 211 g/mol. The summed E-state index contributed by atoms with van der Waals surface area (Å²) in [5, 5.41) is 0.194.